The molecule has 0 aliphatic rings. The van der Waals surface area contributed by atoms with Gasteiger partial charge in [-0.15, -0.1) is 0 Å². The van der Waals surface area contributed by atoms with Crippen LogP contribution >= 0.6 is 0 Å². The van der Waals surface area contributed by atoms with Crippen molar-refractivity contribution in [1.82, 2.24) is 9.55 Å². The van der Waals surface area contributed by atoms with Crippen LogP contribution in [-0.2, 0) is 6.54 Å². The molecule has 1 aromatic carbocycles. The summed E-state index contributed by atoms with van der Waals surface area (Å²) in [6.45, 7) is 2.74. The average molecular weight is 259 g/mol. The number of anilines is 2. The van der Waals surface area contributed by atoms with Crippen LogP contribution in [0.3, 0.4) is 0 Å². The van der Waals surface area contributed by atoms with Crippen LogP contribution in [0.15, 0.2) is 36.9 Å². The van der Waals surface area contributed by atoms with Gasteiger partial charge in [0.15, 0.2) is 0 Å². The van der Waals surface area contributed by atoms with E-state index in [1.54, 1.807) is 30.7 Å². The summed E-state index contributed by atoms with van der Waals surface area (Å²) in [7, 11) is 0. The minimum absolute atomic E-state index is 0.106. The first kappa shape index (κ1) is 12.9. The van der Waals surface area contributed by atoms with E-state index in [0.29, 0.717) is 16.9 Å². The van der Waals surface area contributed by atoms with Crippen LogP contribution in [0.25, 0.3) is 0 Å². The number of carbonyl (C=O) groups excluding carboxylic acids is 1. The number of nitrogens with zero attached hydrogens (tertiary/aromatic N) is 2. The van der Waals surface area contributed by atoms with E-state index in [1.165, 1.54) is 0 Å². The minimum atomic E-state index is -0.475. The number of imidazole rings is 1. The quantitative estimate of drug-likeness (QED) is 0.699. The van der Waals surface area contributed by atoms with Crippen molar-refractivity contribution < 1.29 is 4.79 Å². The van der Waals surface area contributed by atoms with Gasteiger partial charge in [-0.1, -0.05) is 0 Å². The van der Waals surface area contributed by atoms with Crippen molar-refractivity contribution >= 4 is 17.3 Å². The Morgan fingerprint density at radius 1 is 1.53 bits per heavy atom. The molecule has 6 nitrogen and oxygen atoms in total. The molecule has 0 spiro atoms. The smallest absolute Gasteiger partial charge is 0.250 e. The van der Waals surface area contributed by atoms with Crippen LogP contribution in [0.1, 0.15) is 17.3 Å². The molecule has 0 aliphatic carbocycles. The molecule has 0 saturated heterocycles. The molecule has 0 bridgehead atoms. The molecule has 5 N–H and O–H groups in total. The Morgan fingerprint density at radius 3 is 2.95 bits per heavy atom. The summed E-state index contributed by atoms with van der Waals surface area (Å²) in [5, 5.41) is 3.24. The van der Waals surface area contributed by atoms with Crippen LogP contribution < -0.4 is 16.8 Å². The number of hydrogen-bond donors (Lipinski definition) is 3. The number of nitrogens with one attached hydrogen (secondary N) is 1. The summed E-state index contributed by atoms with van der Waals surface area (Å²) in [4.78, 5) is 15.3. The number of aromatic nitrogens is 2. The first-order valence-corrected chi connectivity index (χ1v) is 5.98. The van der Waals surface area contributed by atoms with Crippen LogP contribution in [0, 0.1) is 0 Å². The van der Waals surface area contributed by atoms with Gasteiger partial charge in [-0.3, -0.25) is 4.79 Å². The third kappa shape index (κ3) is 3.25. The molecule has 1 amide bonds. The van der Waals surface area contributed by atoms with Gasteiger partial charge in [-0.2, -0.15) is 0 Å². The highest BCUT2D eigenvalue weighted by Crippen LogP contribution is 2.20. The van der Waals surface area contributed by atoms with Gasteiger partial charge in [0.05, 0.1) is 11.9 Å². The lowest BCUT2D eigenvalue weighted by Crippen LogP contribution is -2.24. The maximum atomic E-state index is 11.4. The molecule has 1 atom stereocenters. The van der Waals surface area contributed by atoms with Gasteiger partial charge in [-0.05, 0) is 25.1 Å². The number of amides is 1. The zero-order valence-corrected chi connectivity index (χ0v) is 10.7. The molecule has 19 heavy (non-hydrogen) atoms. The second-order valence-electron chi connectivity index (χ2n) is 4.47. The fourth-order valence-electron chi connectivity index (χ4n) is 1.92. The highest BCUT2D eigenvalue weighted by Gasteiger charge is 2.11. The van der Waals surface area contributed by atoms with Crippen LogP contribution in [0.2, 0.25) is 0 Å². The summed E-state index contributed by atoms with van der Waals surface area (Å²) in [6, 6.07) is 5.11. The summed E-state index contributed by atoms with van der Waals surface area (Å²) in [5.74, 6) is -0.475. The zero-order valence-electron chi connectivity index (χ0n) is 10.7. The summed E-state index contributed by atoms with van der Waals surface area (Å²) in [5.41, 5.74) is 12.7. The Balaban J connectivity index is 2.13. The van der Waals surface area contributed by atoms with Gasteiger partial charge in [0.1, 0.15) is 0 Å². The average Bonchev–Trinajstić information content (AvgIpc) is 2.81. The fraction of sp³-hybridized carbons (Fsp3) is 0.231. The molecule has 1 aromatic heterocycles. The topological polar surface area (TPSA) is 99.0 Å². The van der Waals surface area contributed by atoms with Gasteiger partial charge >= 0.3 is 0 Å². The van der Waals surface area contributed by atoms with Crippen LogP contribution in [0.4, 0.5) is 11.4 Å². The molecule has 0 fully saturated rings. The van der Waals surface area contributed by atoms with E-state index in [4.69, 9.17) is 11.5 Å². The number of benzene rings is 1. The molecule has 2 aromatic rings. The Hall–Kier alpha value is -2.50. The van der Waals surface area contributed by atoms with Crippen molar-refractivity contribution in [2.75, 3.05) is 11.1 Å². The predicted molar refractivity (Wildman–Crippen MR) is 74.7 cm³/mol. The standard InChI is InChI=1S/C13H17N5O/c1-9(7-18-5-4-16-8-18)17-12-6-10(14)2-3-11(12)13(15)19/h2-6,8-9,17H,7,14H2,1H3,(H2,15,19). The number of rotatable bonds is 5. The third-order valence-corrected chi connectivity index (χ3v) is 2.75. The molecular formula is C13H17N5O. The largest absolute Gasteiger partial charge is 0.399 e. The maximum absolute atomic E-state index is 11.4. The normalized spacial score (nSPS) is 12.1. The highest BCUT2D eigenvalue weighted by atomic mass is 16.1. The predicted octanol–water partition coefficient (Wildman–Crippen LogP) is 1.06. The number of primary amides is 1. The van der Waals surface area contributed by atoms with E-state index in [1.807, 2.05) is 17.7 Å². The molecule has 0 aliphatic heterocycles. The van der Waals surface area contributed by atoms with E-state index >= 15 is 0 Å². The number of nitrogen functional groups attached to an aromatic ring is 1. The van der Waals surface area contributed by atoms with Gasteiger partial charge in [0.25, 0.3) is 5.91 Å². The van der Waals surface area contributed by atoms with Crippen molar-refractivity contribution in [3.63, 3.8) is 0 Å². The molecule has 2 rings (SSSR count). The fourth-order valence-corrected chi connectivity index (χ4v) is 1.92. The molecule has 0 radical (unpaired) electrons. The Bertz CT molecular complexity index is 564. The van der Waals surface area contributed by atoms with E-state index < -0.39 is 5.91 Å². The van der Waals surface area contributed by atoms with E-state index in [9.17, 15) is 4.79 Å². The number of hydrogen-bond acceptors (Lipinski definition) is 4. The van der Waals surface area contributed by atoms with E-state index in [0.717, 1.165) is 6.54 Å². The van der Waals surface area contributed by atoms with Gasteiger partial charge in [-0.25, -0.2) is 4.98 Å². The van der Waals surface area contributed by atoms with Crippen molar-refractivity contribution in [3.8, 4) is 0 Å². The van der Waals surface area contributed by atoms with Crippen molar-refractivity contribution in [3.05, 3.63) is 42.5 Å². The minimum Gasteiger partial charge on any atom is -0.399 e. The van der Waals surface area contributed by atoms with Crippen molar-refractivity contribution in [1.29, 1.82) is 0 Å². The second-order valence-corrected chi connectivity index (χ2v) is 4.47. The van der Waals surface area contributed by atoms with Gasteiger partial charge in [0.2, 0.25) is 0 Å². The SMILES string of the molecule is CC(Cn1ccnc1)Nc1cc(N)ccc1C(N)=O. The Morgan fingerprint density at radius 2 is 2.32 bits per heavy atom. The monoisotopic (exact) mass is 259 g/mol. The van der Waals surface area contributed by atoms with Crippen molar-refractivity contribution in [2.24, 2.45) is 5.73 Å². The number of nitrogens with two attached hydrogens (primary N) is 2. The molecule has 0 saturated carbocycles. The summed E-state index contributed by atoms with van der Waals surface area (Å²) < 4.78 is 1.95. The molecule has 100 valence electrons. The first-order chi connectivity index (χ1) is 9.06. The van der Waals surface area contributed by atoms with Gasteiger partial charge in [0, 0.05) is 36.4 Å². The lowest BCUT2D eigenvalue weighted by Gasteiger charge is -2.18. The summed E-state index contributed by atoms with van der Waals surface area (Å²) >= 11 is 0. The van der Waals surface area contributed by atoms with Crippen LogP contribution in [0.5, 0.6) is 0 Å². The Labute approximate surface area is 111 Å². The summed E-state index contributed by atoms with van der Waals surface area (Å²) in [6.07, 6.45) is 5.35. The Kier molecular flexibility index (Phi) is 3.70. The van der Waals surface area contributed by atoms with E-state index in [-0.39, 0.29) is 6.04 Å². The highest BCUT2D eigenvalue weighted by molar-refractivity contribution is 5.99. The van der Waals surface area contributed by atoms with Crippen LogP contribution in [-0.4, -0.2) is 21.5 Å². The lowest BCUT2D eigenvalue weighted by molar-refractivity contribution is 0.100. The molecule has 1 heterocycles. The van der Waals surface area contributed by atoms with Gasteiger partial charge < -0.3 is 21.4 Å². The molecule has 6 heteroatoms. The lowest BCUT2D eigenvalue weighted by atomic mass is 10.1. The third-order valence-electron chi connectivity index (χ3n) is 2.75. The molecular weight excluding hydrogens is 242 g/mol. The first-order valence-electron chi connectivity index (χ1n) is 5.98. The maximum Gasteiger partial charge on any atom is 0.250 e. The van der Waals surface area contributed by atoms with Crippen molar-refractivity contribution in [2.45, 2.75) is 19.5 Å². The number of carbonyl (C=O) groups is 1. The van der Waals surface area contributed by atoms with E-state index in [2.05, 4.69) is 10.3 Å². The second kappa shape index (κ2) is 5.43. The zero-order chi connectivity index (χ0) is 13.8. The molecule has 1 unspecified atom stereocenters.